The largest absolute Gasteiger partial charge is 0.496 e. The molecule has 24 heavy (non-hydrogen) atoms. The van der Waals surface area contributed by atoms with Gasteiger partial charge in [0, 0.05) is 11.1 Å². The maximum atomic E-state index is 5.66. The standard InChI is InChI=1S/C22H18O2/c1-23-21-13-17-9-5-3-7-15(17)11-19(21)20-12-16-8-4-6-10-18(16)14-22(20)24-2/h3-14H,1-2H3. The van der Waals surface area contributed by atoms with Crippen LogP contribution >= 0.6 is 0 Å². The summed E-state index contributed by atoms with van der Waals surface area (Å²) < 4.78 is 11.3. The van der Waals surface area contributed by atoms with Crippen LogP contribution in [-0.4, -0.2) is 14.2 Å². The van der Waals surface area contributed by atoms with E-state index in [4.69, 9.17) is 9.47 Å². The molecule has 0 aromatic heterocycles. The van der Waals surface area contributed by atoms with Gasteiger partial charge in [0.1, 0.15) is 11.5 Å². The summed E-state index contributed by atoms with van der Waals surface area (Å²) >= 11 is 0. The fraction of sp³-hybridized carbons (Fsp3) is 0.0909. The van der Waals surface area contributed by atoms with Crippen LogP contribution in [0.5, 0.6) is 11.5 Å². The molecule has 4 aromatic carbocycles. The average Bonchev–Trinajstić information content (AvgIpc) is 2.65. The van der Waals surface area contributed by atoms with E-state index in [1.54, 1.807) is 14.2 Å². The summed E-state index contributed by atoms with van der Waals surface area (Å²) in [6.45, 7) is 0. The van der Waals surface area contributed by atoms with Gasteiger partial charge in [-0.2, -0.15) is 0 Å². The van der Waals surface area contributed by atoms with Crippen LogP contribution in [-0.2, 0) is 0 Å². The van der Waals surface area contributed by atoms with E-state index >= 15 is 0 Å². The van der Waals surface area contributed by atoms with Crippen molar-refractivity contribution in [2.45, 2.75) is 0 Å². The predicted octanol–water partition coefficient (Wildman–Crippen LogP) is 5.68. The van der Waals surface area contributed by atoms with E-state index in [2.05, 4.69) is 60.7 Å². The molecule has 0 radical (unpaired) electrons. The molecule has 0 bridgehead atoms. The summed E-state index contributed by atoms with van der Waals surface area (Å²) in [4.78, 5) is 0. The molecule has 118 valence electrons. The van der Waals surface area contributed by atoms with Crippen molar-refractivity contribution < 1.29 is 9.47 Å². The molecule has 2 nitrogen and oxygen atoms in total. The molecule has 0 fully saturated rings. The molecule has 0 aliphatic rings. The zero-order chi connectivity index (χ0) is 16.5. The molecule has 4 rings (SSSR count). The molecule has 0 aliphatic carbocycles. The molecule has 0 atom stereocenters. The zero-order valence-corrected chi connectivity index (χ0v) is 13.7. The fourth-order valence-corrected chi connectivity index (χ4v) is 3.20. The van der Waals surface area contributed by atoms with Crippen molar-refractivity contribution in [2.24, 2.45) is 0 Å². The molecule has 0 unspecified atom stereocenters. The monoisotopic (exact) mass is 314 g/mol. The van der Waals surface area contributed by atoms with Gasteiger partial charge in [-0.3, -0.25) is 0 Å². The van der Waals surface area contributed by atoms with E-state index in [1.165, 1.54) is 10.8 Å². The van der Waals surface area contributed by atoms with E-state index in [0.717, 1.165) is 33.4 Å². The molecular formula is C22H18O2. The molecule has 0 N–H and O–H groups in total. The first-order chi connectivity index (χ1) is 11.8. The Labute approximate surface area is 141 Å². The van der Waals surface area contributed by atoms with Crippen LogP contribution in [0.25, 0.3) is 32.7 Å². The number of benzene rings is 4. The lowest BCUT2D eigenvalue weighted by Crippen LogP contribution is -1.93. The Hall–Kier alpha value is -3.00. The molecule has 2 heteroatoms. The van der Waals surface area contributed by atoms with Crippen molar-refractivity contribution in [1.29, 1.82) is 0 Å². The third-order valence-corrected chi connectivity index (χ3v) is 4.43. The van der Waals surface area contributed by atoms with Gasteiger partial charge in [-0.25, -0.2) is 0 Å². The Morgan fingerprint density at radius 1 is 0.500 bits per heavy atom. The highest BCUT2D eigenvalue weighted by atomic mass is 16.5. The van der Waals surface area contributed by atoms with E-state index in [1.807, 2.05) is 12.1 Å². The maximum Gasteiger partial charge on any atom is 0.127 e. The van der Waals surface area contributed by atoms with Crippen LogP contribution < -0.4 is 9.47 Å². The van der Waals surface area contributed by atoms with Gasteiger partial charge in [0.2, 0.25) is 0 Å². The van der Waals surface area contributed by atoms with Crippen molar-refractivity contribution in [3.63, 3.8) is 0 Å². The predicted molar refractivity (Wildman–Crippen MR) is 100.0 cm³/mol. The number of fused-ring (bicyclic) bond motifs is 2. The third-order valence-electron chi connectivity index (χ3n) is 4.43. The highest BCUT2D eigenvalue weighted by Crippen LogP contribution is 2.40. The van der Waals surface area contributed by atoms with E-state index < -0.39 is 0 Å². The molecule has 0 spiro atoms. The molecule has 0 aliphatic heterocycles. The van der Waals surface area contributed by atoms with Crippen molar-refractivity contribution in [3.8, 4) is 22.6 Å². The van der Waals surface area contributed by atoms with Crippen molar-refractivity contribution in [3.05, 3.63) is 72.8 Å². The van der Waals surface area contributed by atoms with Gasteiger partial charge in [0.15, 0.2) is 0 Å². The quantitative estimate of drug-likeness (QED) is 0.484. The summed E-state index contributed by atoms with van der Waals surface area (Å²) in [5, 5.41) is 4.70. The topological polar surface area (TPSA) is 18.5 Å². The first kappa shape index (κ1) is 14.6. The lowest BCUT2D eigenvalue weighted by Gasteiger charge is -2.15. The van der Waals surface area contributed by atoms with Gasteiger partial charge < -0.3 is 9.47 Å². The maximum absolute atomic E-state index is 5.66. The van der Waals surface area contributed by atoms with Gasteiger partial charge in [0.25, 0.3) is 0 Å². The highest BCUT2D eigenvalue weighted by molar-refractivity contribution is 5.96. The van der Waals surface area contributed by atoms with Crippen LogP contribution in [0.4, 0.5) is 0 Å². The van der Waals surface area contributed by atoms with E-state index in [9.17, 15) is 0 Å². The minimum absolute atomic E-state index is 0.849. The second-order valence-electron chi connectivity index (χ2n) is 5.80. The number of methoxy groups -OCH3 is 2. The third kappa shape index (κ3) is 2.37. The Morgan fingerprint density at radius 2 is 0.833 bits per heavy atom. The number of rotatable bonds is 3. The Balaban J connectivity index is 2.04. The lowest BCUT2D eigenvalue weighted by atomic mass is 9.96. The second-order valence-corrected chi connectivity index (χ2v) is 5.80. The molecule has 4 aromatic rings. The smallest absolute Gasteiger partial charge is 0.127 e. The van der Waals surface area contributed by atoms with Gasteiger partial charge in [-0.15, -0.1) is 0 Å². The fourth-order valence-electron chi connectivity index (χ4n) is 3.20. The second kappa shape index (κ2) is 5.89. The molecular weight excluding hydrogens is 296 g/mol. The van der Waals surface area contributed by atoms with Gasteiger partial charge >= 0.3 is 0 Å². The van der Waals surface area contributed by atoms with Crippen LogP contribution in [0, 0.1) is 0 Å². The highest BCUT2D eigenvalue weighted by Gasteiger charge is 2.14. The van der Waals surface area contributed by atoms with Crippen LogP contribution in [0.3, 0.4) is 0 Å². The summed E-state index contributed by atoms with van der Waals surface area (Å²) in [5.74, 6) is 1.70. The summed E-state index contributed by atoms with van der Waals surface area (Å²) in [7, 11) is 3.42. The molecule has 0 amide bonds. The van der Waals surface area contributed by atoms with E-state index in [0.29, 0.717) is 0 Å². The summed E-state index contributed by atoms with van der Waals surface area (Å²) in [6.07, 6.45) is 0. The first-order valence-corrected chi connectivity index (χ1v) is 7.94. The Morgan fingerprint density at radius 3 is 1.17 bits per heavy atom. The van der Waals surface area contributed by atoms with Crippen LogP contribution in [0.1, 0.15) is 0 Å². The Kier molecular flexibility index (Phi) is 3.58. The van der Waals surface area contributed by atoms with E-state index in [-0.39, 0.29) is 0 Å². The minimum Gasteiger partial charge on any atom is -0.496 e. The number of hydrogen-bond donors (Lipinski definition) is 0. The van der Waals surface area contributed by atoms with Crippen LogP contribution in [0.2, 0.25) is 0 Å². The molecule has 0 heterocycles. The molecule has 0 saturated heterocycles. The zero-order valence-electron chi connectivity index (χ0n) is 13.7. The average molecular weight is 314 g/mol. The van der Waals surface area contributed by atoms with Crippen molar-refractivity contribution in [2.75, 3.05) is 14.2 Å². The van der Waals surface area contributed by atoms with Gasteiger partial charge in [-0.1, -0.05) is 48.5 Å². The van der Waals surface area contributed by atoms with Crippen LogP contribution in [0.15, 0.2) is 72.8 Å². The molecule has 0 saturated carbocycles. The lowest BCUT2D eigenvalue weighted by molar-refractivity contribution is 0.411. The normalized spacial score (nSPS) is 10.9. The number of ether oxygens (including phenoxy) is 2. The SMILES string of the molecule is COc1cc2ccccc2cc1-c1cc2ccccc2cc1OC. The Bertz CT molecular complexity index is 949. The minimum atomic E-state index is 0.849. The summed E-state index contributed by atoms with van der Waals surface area (Å²) in [5.41, 5.74) is 2.08. The van der Waals surface area contributed by atoms with Gasteiger partial charge in [0.05, 0.1) is 14.2 Å². The van der Waals surface area contributed by atoms with Crippen molar-refractivity contribution in [1.82, 2.24) is 0 Å². The summed E-state index contributed by atoms with van der Waals surface area (Å²) in [6, 6.07) is 25.1. The first-order valence-electron chi connectivity index (χ1n) is 7.94. The number of hydrogen-bond acceptors (Lipinski definition) is 2. The van der Waals surface area contributed by atoms with Gasteiger partial charge in [-0.05, 0) is 45.8 Å². The van der Waals surface area contributed by atoms with Crippen molar-refractivity contribution >= 4 is 21.5 Å².